The minimum Gasteiger partial charge on any atom is -0.481 e. The van der Waals surface area contributed by atoms with E-state index in [2.05, 4.69) is 11.9 Å². The summed E-state index contributed by atoms with van der Waals surface area (Å²) in [6.45, 7) is 5.60. The van der Waals surface area contributed by atoms with Crippen LogP contribution < -0.4 is 5.32 Å². The molecule has 0 spiro atoms. The van der Waals surface area contributed by atoms with Crippen LogP contribution >= 0.6 is 0 Å². The second-order valence-electron chi connectivity index (χ2n) is 7.77. The predicted octanol–water partition coefficient (Wildman–Crippen LogP) is 2.92. The molecule has 0 radical (unpaired) electrons. The molecule has 2 saturated carbocycles. The Bertz CT molecular complexity index is 528. The SMILES string of the molecule is C=C(C)C(=O)OCCNC(=O)C1CCC(C2CCC(C(=O)O)CC2)CC1. The number of amides is 1. The van der Waals surface area contributed by atoms with Gasteiger partial charge in [-0.05, 0) is 70.1 Å². The van der Waals surface area contributed by atoms with Crippen molar-refractivity contribution in [3.63, 3.8) is 0 Å². The van der Waals surface area contributed by atoms with Crippen LogP contribution in [0, 0.1) is 23.7 Å². The third kappa shape index (κ3) is 5.85. The molecule has 0 aromatic heterocycles. The predicted molar refractivity (Wildman–Crippen MR) is 97.3 cm³/mol. The summed E-state index contributed by atoms with van der Waals surface area (Å²) >= 11 is 0. The van der Waals surface area contributed by atoms with Gasteiger partial charge in [0.2, 0.25) is 5.91 Å². The van der Waals surface area contributed by atoms with Crippen LogP contribution in [0.2, 0.25) is 0 Å². The highest BCUT2D eigenvalue weighted by Crippen LogP contribution is 2.41. The van der Waals surface area contributed by atoms with E-state index in [-0.39, 0.29) is 24.3 Å². The molecule has 2 aliphatic rings. The molecule has 0 aromatic carbocycles. The van der Waals surface area contributed by atoms with Crippen LogP contribution in [0.5, 0.6) is 0 Å². The number of carboxylic acid groups (broad SMARTS) is 1. The van der Waals surface area contributed by atoms with E-state index in [9.17, 15) is 14.4 Å². The van der Waals surface area contributed by atoms with E-state index in [4.69, 9.17) is 9.84 Å². The van der Waals surface area contributed by atoms with E-state index in [1.54, 1.807) is 6.92 Å². The molecule has 6 nitrogen and oxygen atoms in total. The van der Waals surface area contributed by atoms with Crippen molar-refractivity contribution >= 4 is 17.8 Å². The van der Waals surface area contributed by atoms with Gasteiger partial charge in [0.25, 0.3) is 0 Å². The zero-order valence-electron chi connectivity index (χ0n) is 15.7. The molecule has 1 amide bonds. The molecule has 0 saturated heterocycles. The van der Waals surface area contributed by atoms with Crippen molar-refractivity contribution in [1.29, 1.82) is 0 Å². The summed E-state index contributed by atoms with van der Waals surface area (Å²) in [5.41, 5.74) is 0.354. The number of nitrogens with one attached hydrogen (secondary N) is 1. The van der Waals surface area contributed by atoms with E-state index < -0.39 is 11.9 Å². The lowest BCUT2D eigenvalue weighted by Gasteiger charge is -2.36. The zero-order valence-corrected chi connectivity index (χ0v) is 15.7. The molecule has 2 aliphatic carbocycles. The summed E-state index contributed by atoms with van der Waals surface area (Å²) in [5.74, 6) is 0.0897. The summed E-state index contributed by atoms with van der Waals surface area (Å²) in [5, 5.41) is 11.9. The summed E-state index contributed by atoms with van der Waals surface area (Å²) in [7, 11) is 0. The molecule has 0 atom stereocenters. The molecule has 0 unspecified atom stereocenters. The van der Waals surface area contributed by atoms with Crippen molar-refractivity contribution in [2.24, 2.45) is 23.7 Å². The van der Waals surface area contributed by atoms with Gasteiger partial charge < -0.3 is 15.2 Å². The first kappa shape index (κ1) is 20.5. The number of carbonyl (C=O) groups is 3. The number of hydrogen-bond donors (Lipinski definition) is 2. The van der Waals surface area contributed by atoms with Crippen LogP contribution in [0.15, 0.2) is 12.2 Å². The topological polar surface area (TPSA) is 92.7 Å². The molecule has 26 heavy (non-hydrogen) atoms. The Balaban J connectivity index is 1.63. The lowest BCUT2D eigenvalue weighted by atomic mass is 9.69. The maximum absolute atomic E-state index is 12.2. The highest BCUT2D eigenvalue weighted by molar-refractivity contribution is 5.87. The summed E-state index contributed by atoms with van der Waals surface area (Å²) in [6, 6.07) is 0. The van der Waals surface area contributed by atoms with Crippen molar-refractivity contribution in [1.82, 2.24) is 5.32 Å². The zero-order chi connectivity index (χ0) is 19.1. The van der Waals surface area contributed by atoms with Gasteiger partial charge in [-0.2, -0.15) is 0 Å². The van der Waals surface area contributed by atoms with Gasteiger partial charge in [0.15, 0.2) is 0 Å². The Morgan fingerprint density at radius 1 is 0.962 bits per heavy atom. The van der Waals surface area contributed by atoms with Gasteiger partial charge >= 0.3 is 11.9 Å². The maximum Gasteiger partial charge on any atom is 0.333 e. The molecule has 2 N–H and O–H groups in total. The van der Waals surface area contributed by atoms with Gasteiger partial charge in [0, 0.05) is 11.5 Å². The van der Waals surface area contributed by atoms with E-state index >= 15 is 0 Å². The third-order valence-corrected chi connectivity index (χ3v) is 5.91. The Morgan fingerprint density at radius 3 is 1.92 bits per heavy atom. The highest BCUT2D eigenvalue weighted by atomic mass is 16.5. The monoisotopic (exact) mass is 365 g/mol. The number of ether oxygens (including phenoxy) is 1. The lowest BCUT2D eigenvalue weighted by Crippen LogP contribution is -2.36. The minimum atomic E-state index is -0.655. The average molecular weight is 365 g/mol. The van der Waals surface area contributed by atoms with E-state index in [1.807, 2.05) is 0 Å². The second-order valence-corrected chi connectivity index (χ2v) is 7.77. The maximum atomic E-state index is 12.2. The standard InChI is InChI=1S/C20H31NO5/c1-13(2)20(25)26-12-11-21-18(22)16-7-3-14(4-8-16)15-5-9-17(10-6-15)19(23)24/h14-17H,1,3-12H2,2H3,(H,21,22)(H,23,24). The van der Waals surface area contributed by atoms with Crippen LogP contribution in [0.4, 0.5) is 0 Å². The lowest BCUT2D eigenvalue weighted by molar-refractivity contribution is -0.143. The normalized spacial score (nSPS) is 28.8. The third-order valence-electron chi connectivity index (χ3n) is 5.91. The van der Waals surface area contributed by atoms with Crippen LogP contribution in [0.3, 0.4) is 0 Å². The van der Waals surface area contributed by atoms with Crippen LogP contribution in [0.25, 0.3) is 0 Å². The first-order chi connectivity index (χ1) is 12.4. The Hall–Kier alpha value is -1.85. The summed E-state index contributed by atoms with van der Waals surface area (Å²) in [4.78, 5) is 34.6. The highest BCUT2D eigenvalue weighted by Gasteiger charge is 2.34. The molecular weight excluding hydrogens is 334 g/mol. The Labute approximate surface area is 155 Å². The Kier molecular flexibility index (Phi) is 7.66. The van der Waals surface area contributed by atoms with Crippen molar-refractivity contribution in [3.8, 4) is 0 Å². The molecule has 0 aromatic rings. The summed E-state index contributed by atoms with van der Waals surface area (Å²) in [6.07, 6.45) is 7.48. The fraction of sp³-hybridized carbons (Fsp3) is 0.750. The summed E-state index contributed by atoms with van der Waals surface area (Å²) < 4.78 is 4.97. The quantitative estimate of drug-likeness (QED) is 0.411. The first-order valence-corrected chi connectivity index (χ1v) is 9.71. The fourth-order valence-electron chi connectivity index (χ4n) is 4.28. The minimum absolute atomic E-state index is 0.0402. The molecule has 0 aliphatic heterocycles. The molecule has 2 fully saturated rings. The largest absolute Gasteiger partial charge is 0.481 e. The fourth-order valence-corrected chi connectivity index (χ4v) is 4.28. The number of hydrogen-bond acceptors (Lipinski definition) is 4. The van der Waals surface area contributed by atoms with Crippen LogP contribution in [0.1, 0.15) is 58.3 Å². The van der Waals surface area contributed by atoms with Gasteiger partial charge in [-0.3, -0.25) is 9.59 Å². The van der Waals surface area contributed by atoms with Crippen molar-refractivity contribution in [2.45, 2.75) is 58.3 Å². The van der Waals surface area contributed by atoms with E-state index in [0.29, 0.717) is 24.0 Å². The van der Waals surface area contributed by atoms with Crippen molar-refractivity contribution in [2.75, 3.05) is 13.2 Å². The molecular formula is C20H31NO5. The van der Waals surface area contributed by atoms with Crippen LogP contribution in [-0.4, -0.2) is 36.1 Å². The number of esters is 1. The number of aliphatic carboxylic acids is 1. The molecule has 146 valence electrons. The van der Waals surface area contributed by atoms with E-state index in [0.717, 1.165) is 51.4 Å². The number of rotatable bonds is 7. The van der Waals surface area contributed by atoms with Gasteiger partial charge in [-0.1, -0.05) is 6.58 Å². The van der Waals surface area contributed by atoms with Gasteiger partial charge in [-0.15, -0.1) is 0 Å². The number of carbonyl (C=O) groups excluding carboxylic acids is 2. The Morgan fingerprint density at radius 2 is 1.46 bits per heavy atom. The average Bonchev–Trinajstić information content (AvgIpc) is 2.65. The van der Waals surface area contributed by atoms with Gasteiger partial charge in [0.05, 0.1) is 12.5 Å². The number of carboxylic acids is 1. The van der Waals surface area contributed by atoms with Crippen molar-refractivity contribution in [3.05, 3.63) is 12.2 Å². The molecule has 2 rings (SSSR count). The first-order valence-electron chi connectivity index (χ1n) is 9.71. The molecule has 0 heterocycles. The molecule has 0 bridgehead atoms. The van der Waals surface area contributed by atoms with Gasteiger partial charge in [-0.25, -0.2) is 4.79 Å². The van der Waals surface area contributed by atoms with Crippen molar-refractivity contribution < 1.29 is 24.2 Å². The van der Waals surface area contributed by atoms with E-state index in [1.165, 1.54) is 0 Å². The van der Waals surface area contributed by atoms with Gasteiger partial charge in [0.1, 0.15) is 6.61 Å². The second kappa shape index (κ2) is 9.74. The smallest absolute Gasteiger partial charge is 0.333 e. The van der Waals surface area contributed by atoms with Crippen LogP contribution in [-0.2, 0) is 19.1 Å². The molecule has 6 heteroatoms.